The fourth-order valence-electron chi connectivity index (χ4n) is 2.65. The fraction of sp³-hybridized carbons (Fsp3) is 0.200. The average molecular weight is 408 g/mol. The van der Waals surface area contributed by atoms with E-state index in [1.165, 1.54) is 16.9 Å². The molecule has 0 aliphatic carbocycles. The van der Waals surface area contributed by atoms with Gasteiger partial charge in [-0.05, 0) is 55.5 Å². The van der Waals surface area contributed by atoms with Crippen LogP contribution < -0.4 is 0 Å². The number of nitrogens with zero attached hydrogens (tertiary/aromatic N) is 6. The lowest BCUT2D eigenvalue weighted by Crippen LogP contribution is -2.11. The smallest absolute Gasteiger partial charge is 0.338 e. The molecule has 0 amide bonds. The monoisotopic (exact) mass is 408 g/mol. The van der Waals surface area contributed by atoms with Crippen molar-refractivity contribution in [1.29, 1.82) is 0 Å². The van der Waals surface area contributed by atoms with Crippen molar-refractivity contribution in [3.63, 3.8) is 0 Å². The minimum Gasteiger partial charge on any atom is -0.459 e. The second kappa shape index (κ2) is 8.19. The van der Waals surface area contributed by atoms with Crippen molar-refractivity contribution in [1.82, 2.24) is 30.3 Å². The zero-order chi connectivity index (χ0) is 21.1. The molecule has 2 heterocycles. The third-order valence-corrected chi connectivity index (χ3v) is 4.00. The number of hydrogen-bond donors (Lipinski definition) is 0. The molecule has 0 atom stereocenters. The SMILES string of the molecule is CC(C)OC(=O)c1cccc(-c2nnn(Cc3nc(-c4ccc(F)cc4)no3)n2)c1. The van der Waals surface area contributed by atoms with E-state index in [1.807, 2.05) is 0 Å². The highest BCUT2D eigenvalue weighted by Gasteiger charge is 2.14. The zero-order valence-electron chi connectivity index (χ0n) is 16.2. The topological polar surface area (TPSA) is 109 Å². The molecule has 0 unspecified atom stereocenters. The van der Waals surface area contributed by atoms with Crippen LogP contribution in [0.3, 0.4) is 0 Å². The maximum Gasteiger partial charge on any atom is 0.338 e. The molecule has 0 saturated heterocycles. The summed E-state index contributed by atoms with van der Waals surface area (Å²) in [5.74, 6) is 0.184. The van der Waals surface area contributed by atoms with Crippen LogP contribution in [0.4, 0.5) is 4.39 Å². The highest BCUT2D eigenvalue weighted by molar-refractivity contribution is 5.90. The van der Waals surface area contributed by atoms with Crippen LogP contribution in [0.5, 0.6) is 0 Å². The van der Waals surface area contributed by atoms with Crippen LogP contribution in [0.15, 0.2) is 53.1 Å². The summed E-state index contributed by atoms with van der Waals surface area (Å²) in [4.78, 5) is 17.7. The van der Waals surface area contributed by atoms with E-state index in [0.717, 1.165) is 0 Å². The molecule has 4 aromatic rings. The number of rotatable bonds is 6. The van der Waals surface area contributed by atoms with Gasteiger partial charge in [0.15, 0.2) is 0 Å². The van der Waals surface area contributed by atoms with Gasteiger partial charge in [-0.1, -0.05) is 17.3 Å². The van der Waals surface area contributed by atoms with E-state index in [0.29, 0.717) is 28.3 Å². The first-order valence-corrected chi connectivity index (χ1v) is 9.15. The normalized spacial score (nSPS) is 11.1. The Morgan fingerprint density at radius 2 is 1.93 bits per heavy atom. The molecule has 2 aromatic carbocycles. The third kappa shape index (κ3) is 4.37. The maximum atomic E-state index is 13.0. The lowest BCUT2D eigenvalue weighted by molar-refractivity contribution is 0.0378. The number of halogens is 1. The highest BCUT2D eigenvalue weighted by atomic mass is 19.1. The molecule has 0 aliphatic rings. The van der Waals surface area contributed by atoms with Crippen LogP contribution in [-0.2, 0) is 11.3 Å². The molecule has 0 aliphatic heterocycles. The summed E-state index contributed by atoms with van der Waals surface area (Å²) >= 11 is 0. The number of benzene rings is 2. The quantitative estimate of drug-likeness (QED) is 0.448. The van der Waals surface area contributed by atoms with E-state index in [-0.39, 0.29) is 24.4 Å². The van der Waals surface area contributed by atoms with Crippen LogP contribution in [-0.4, -0.2) is 42.4 Å². The minimum atomic E-state index is -0.418. The molecule has 10 heteroatoms. The summed E-state index contributed by atoms with van der Waals surface area (Å²) in [5.41, 5.74) is 1.65. The Hall–Kier alpha value is -3.95. The van der Waals surface area contributed by atoms with Gasteiger partial charge in [0, 0.05) is 11.1 Å². The van der Waals surface area contributed by atoms with Crippen molar-refractivity contribution in [2.45, 2.75) is 26.5 Å². The molecular weight excluding hydrogens is 391 g/mol. The van der Waals surface area contributed by atoms with E-state index < -0.39 is 5.97 Å². The van der Waals surface area contributed by atoms with E-state index in [4.69, 9.17) is 9.26 Å². The van der Waals surface area contributed by atoms with Crippen LogP contribution in [0.25, 0.3) is 22.8 Å². The van der Waals surface area contributed by atoms with Crippen molar-refractivity contribution >= 4 is 5.97 Å². The fourth-order valence-corrected chi connectivity index (χ4v) is 2.65. The molecule has 4 rings (SSSR count). The van der Waals surface area contributed by atoms with Gasteiger partial charge in [-0.3, -0.25) is 0 Å². The molecule has 0 bridgehead atoms. The molecule has 0 radical (unpaired) electrons. The number of hydrogen-bond acceptors (Lipinski definition) is 8. The summed E-state index contributed by atoms with van der Waals surface area (Å²) in [6.07, 6.45) is -0.214. The van der Waals surface area contributed by atoms with Gasteiger partial charge in [-0.15, -0.1) is 10.2 Å². The van der Waals surface area contributed by atoms with E-state index in [9.17, 15) is 9.18 Å². The van der Waals surface area contributed by atoms with E-state index >= 15 is 0 Å². The summed E-state index contributed by atoms with van der Waals surface area (Å²) in [5, 5.41) is 16.2. The molecule has 0 saturated carbocycles. The van der Waals surface area contributed by atoms with Crippen molar-refractivity contribution in [3.8, 4) is 22.8 Å². The Kier molecular flexibility index (Phi) is 5.29. The minimum absolute atomic E-state index is 0.107. The second-order valence-corrected chi connectivity index (χ2v) is 6.70. The molecular formula is C20H17FN6O3. The van der Waals surface area contributed by atoms with Gasteiger partial charge >= 0.3 is 5.97 Å². The van der Waals surface area contributed by atoms with Crippen molar-refractivity contribution in [2.75, 3.05) is 0 Å². The number of esters is 1. The number of carbonyl (C=O) groups excluding carboxylic acids is 1. The predicted octanol–water partition coefficient (Wildman–Crippen LogP) is 3.14. The summed E-state index contributed by atoms with van der Waals surface area (Å²) in [6.45, 7) is 3.68. The van der Waals surface area contributed by atoms with Gasteiger partial charge in [0.2, 0.25) is 11.6 Å². The van der Waals surface area contributed by atoms with E-state index in [2.05, 4.69) is 25.6 Å². The molecule has 2 aromatic heterocycles. The summed E-state index contributed by atoms with van der Waals surface area (Å²) < 4.78 is 23.5. The Morgan fingerprint density at radius 1 is 1.13 bits per heavy atom. The molecule has 0 spiro atoms. The number of carbonyl (C=O) groups is 1. The summed E-state index contributed by atoms with van der Waals surface area (Å²) in [7, 11) is 0. The molecule has 0 fully saturated rings. The number of aromatic nitrogens is 6. The first kappa shape index (κ1) is 19.4. The molecule has 30 heavy (non-hydrogen) atoms. The standard InChI is InChI=1S/C20H17FN6O3/c1-12(2)29-20(28)15-5-3-4-14(10-15)19-23-26-27(24-19)11-17-22-18(25-30-17)13-6-8-16(21)9-7-13/h3-10,12H,11H2,1-2H3. The van der Waals surface area contributed by atoms with Crippen LogP contribution in [0.2, 0.25) is 0 Å². The number of ether oxygens (including phenoxy) is 1. The lowest BCUT2D eigenvalue weighted by Gasteiger charge is -2.08. The van der Waals surface area contributed by atoms with Crippen molar-refractivity contribution < 1.29 is 18.4 Å². The van der Waals surface area contributed by atoms with Gasteiger partial charge in [0.25, 0.3) is 5.89 Å². The van der Waals surface area contributed by atoms with Crippen LogP contribution >= 0.6 is 0 Å². The third-order valence-electron chi connectivity index (χ3n) is 4.00. The van der Waals surface area contributed by atoms with Gasteiger partial charge in [-0.25, -0.2) is 9.18 Å². The highest BCUT2D eigenvalue weighted by Crippen LogP contribution is 2.18. The second-order valence-electron chi connectivity index (χ2n) is 6.70. The summed E-state index contributed by atoms with van der Waals surface area (Å²) in [6, 6.07) is 12.6. The Balaban J connectivity index is 1.49. The average Bonchev–Trinajstić information content (AvgIpc) is 3.38. The van der Waals surface area contributed by atoms with Gasteiger partial charge in [-0.2, -0.15) is 9.78 Å². The first-order valence-electron chi connectivity index (χ1n) is 9.15. The number of tetrazole rings is 1. The first-order chi connectivity index (χ1) is 14.5. The predicted molar refractivity (Wildman–Crippen MR) is 103 cm³/mol. The zero-order valence-corrected chi connectivity index (χ0v) is 16.2. The Labute approximate surface area is 170 Å². The molecule has 152 valence electrons. The lowest BCUT2D eigenvalue weighted by atomic mass is 10.1. The molecule has 9 nitrogen and oxygen atoms in total. The Bertz CT molecular complexity index is 1170. The van der Waals surface area contributed by atoms with Crippen molar-refractivity contribution in [2.24, 2.45) is 0 Å². The van der Waals surface area contributed by atoms with Gasteiger partial charge < -0.3 is 9.26 Å². The van der Waals surface area contributed by atoms with Crippen molar-refractivity contribution in [3.05, 3.63) is 65.8 Å². The van der Waals surface area contributed by atoms with Gasteiger partial charge in [0.1, 0.15) is 12.4 Å². The van der Waals surface area contributed by atoms with Crippen LogP contribution in [0.1, 0.15) is 30.1 Å². The van der Waals surface area contributed by atoms with Gasteiger partial charge in [0.05, 0.1) is 11.7 Å². The van der Waals surface area contributed by atoms with Crippen LogP contribution in [0, 0.1) is 5.82 Å². The Morgan fingerprint density at radius 3 is 2.70 bits per heavy atom. The molecule has 0 N–H and O–H groups in total. The maximum absolute atomic E-state index is 13.0. The van der Waals surface area contributed by atoms with E-state index in [1.54, 1.807) is 50.2 Å². The largest absolute Gasteiger partial charge is 0.459 e.